The van der Waals surface area contributed by atoms with E-state index in [2.05, 4.69) is 4.74 Å². The lowest BCUT2D eigenvalue weighted by atomic mass is 10.0. The molecule has 2 aromatic rings. The van der Waals surface area contributed by atoms with E-state index in [0.717, 1.165) is 11.1 Å². The number of hydrogen-bond donors (Lipinski definition) is 0. The van der Waals surface area contributed by atoms with Gasteiger partial charge < -0.3 is 4.74 Å². The van der Waals surface area contributed by atoms with Crippen molar-refractivity contribution in [3.8, 4) is 11.1 Å². The quantitative estimate of drug-likeness (QED) is 0.775. The van der Waals surface area contributed by atoms with Crippen LogP contribution < -0.4 is 0 Å². The summed E-state index contributed by atoms with van der Waals surface area (Å²) in [6.07, 6.45) is 0.0775. The summed E-state index contributed by atoms with van der Waals surface area (Å²) in [5.41, 5.74) is 2.29. The van der Waals surface area contributed by atoms with Gasteiger partial charge in [-0.15, -0.1) is 0 Å². The molecule has 0 atom stereocenters. The monoisotopic (exact) mass is 244 g/mol. The number of ether oxygens (including phenoxy) is 1. The summed E-state index contributed by atoms with van der Waals surface area (Å²) < 4.78 is 18.1. The molecule has 0 fully saturated rings. The Kier molecular flexibility index (Phi) is 3.72. The highest BCUT2D eigenvalue weighted by Gasteiger charge is 2.07. The van der Waals surface area contributed by atoms with Crippen LogP contribution >= 0.6 is 0 Å². The van der Waals surface area contributed by atoms with Crippen molar-refractivity contribution in [1.29, 1.82) is 0 Å². The fourth-order valence-corrected chi connectivity index (χ4v) is 1.79. The number of rotatable bonds is 3. The molecule has 0 heterocycles. The summed E-state index contributed by atoms with van der Waals surface area (Å²) >= 11 is 0. The lowest BCUT2D eigenvalue weighted by Gasteiger charge is -2.06. The summed E-state index contributed by atoms with van der Waals surface area (Å²) in [4.78, 5) is 11.2. The first-order valence-electron chi connectivity index (χ1n) is 5.61. The molecule has 0 saturated carbocycles. The summed E-state index contributed by atoms with van der Waals surface area (Å²) in [6, 6.07) is 14.1. The molecule has 3 heteroatoms. The second-order valence-corrected chi connectivity index (χ2v) is 3.97. The summed E-state index contributed by atoms with van der Waals surface area (Å²) in [7, 11) is 1.32. The first-order chi connectivity index (χ1) is 8.69. The van der Waals surface area contributed by atoms with Crippen LogP contribution in [0.4, 0.5) is 4.39 Å². The molecule has 0 bridgehead atoms. The molecule has 2 rings (SSSR count). The average Bonchev–Trinajstić information content (AvgIpc) is 2.39. The largest absolute Gasteiger partial charge is 0.469 e. The molecule has 0 radical (unpaired) electrons. The van der Waals surface area contributed by atoms with Crippen LogP contribution in [0.25, 0.3) is 11.1 Å². The predicted octanol–water partition coefficient (Wildman–Crippen LogP) is 3.21. The van der Waals surface area contributed by atoms with Crippen molar-refractivity contribution in [3.63, 3.8) is 0 Å². The van der Waals surface area contributed by atoms with Gasteiger partial charge in [-0.25, -0.2) is 4.39 Å². The topological polar surface area (TPSA) is 26.3 Å². The second-order valence-electron chi connectivity index (χ2n) is 3.97. The van der Waals surface area contributed by atoms with Gasteiger partial charge in [0.25, 0.3) is 0 Å². The van der Waals surface area contributed by atoms with Gasteiger partial charge >= 0.3 is 5.97 Å². The van der Waals surface area contributed by atoms with Gasteiger partial charge in [0.05, 0.1) is 13.5 Å². The number of carbonyl (C=O) groups excluding carboxylic acids is 1. The molecule has 0 aromatic heterocycles. The molecule has 0 aliphatic rings. The molecule has 18 heavy (non-hydrogen) atoms. The van der Waals surface area contributed by atoms with E-state index < -0.39 is 0 Å². The van der Waals surface area contributed by atoms with Crippen LogP contribution in [-0.4, -0.2) is 13.1 Å². The van der Waals surface area contributed by atoms with E-state index in [1.165, 1.54) is 19.2 Å². The molecule has 0 amide bonds. The van der Waals surface area contributed by atoms with Gasteiger partial charge in [0, 0.05) is 0 Å². The molecule has 0 unspecified atom stereocenters. The van der Waals surface area contributed by atoms with Crippen LogP contribution in [0.5, 0.6) is 0 Å². The lowest BCUT2D eigenvalue weighted by Crippen LogP contribution is -2.04. The number of methoxy groups -OCH3 is 1. The fraction of sp³-hybridized carbons (Fsp3) is 0.133. The van der Waals surface area contributed by atoms with Crippen molar-refractivity contribution in [2.24, 2.45) is 0 Å². The minimum absolute atomic E-state index is 0.0775. The van der Waals surface area contributed by atoms with Crippen molar-refractivity contribution in [2.45, 2.75) is 6.42 Å². The Bertz CT molecular complexity index is 550. The summed E-state index contributed by atoms with van der Waals surface area (Å²) in [6.45, 7) is 0. The van der Waals surface area contributed by atoms with Crippen LogP contribution in [0.2, 0.25) is 0 Å². The van der Waals surface area contributed by atoms with Crippen molar-refractivity contribution >= 4 is 5.97 Å². The number of halogens is 1. The third kappa shape index (κ3) is 2.94. The smallest absolute Gasteiger partial charge is 0.309 e. The maximum absolute atomic E-state index is 13.5. The van der Waals surface area contributed by atoms with Crippen molar-refractivity contribution < 1.29 is 13.9 Å². The minimum atomic E-state index is -0.375. The van der Waals surface area contributed by atoms with Crippen molar-refractivity contribution in [3.05, 3.63) is 59.9 Å². The number of esters is 1. The minimum Gasteiger partial charge on any atom is -0.469 e. The zero-order valence-corrected chi connectivity index (χ0v) is 10.0. The Hall–Kier alpha value is -2.16. The van der Waals surface area contributed by atoms with Gasteiger partial charge in [-0.3, -0.25) is 4.79 Å². The summed E-state index contributed by atoms with van der Waals surface area (Å²) in [5, 5.41) is 0. The average molecular weight is 244 g/mol. The zero-order chi connectivity index (χ0) is 13.0. The predicted molar refractivity (Wildman–Crippen MR) is 67.6 cm³/mol. The van der Waals surface area contributed by atoms with Crippen LogP contribution in [0.15, 0.2) is 48.5 Å². The molecule has 0 aliphatic carbocycles. The van der Waals surface area contributed by atoms with Gasteiger partial charge in [0.1, 0.15) is 5.82 Å². The maximum Gasteiger partial charge on any atom is 0.309 e. The van der Waals surface area contributed by atoms with Gasteiger partial charge in [-0.2, -0.15) is 0 Å². The SMILES string of the molecule is COC(=O)Cc1cc(F)cc(-c2ccccc2)c1. The standard InChI is InChI=1S/C15H13FO2/c1-18-15(17)9-11-7-13(10-14(16)8-11)12-5-3-2-4-6-12/h2-8,10H,9H2,1H3. The first-order valence-corrected chi connectivity index (χ1v) is 5.61. The van der Waals surface area contributed by atoms with E-state index in [1.54, 1.807) is 6.07 Å². The van der Waals surface area contributed by atoms with Crippen LogP contribution in [0.3, 0.4) is 0 Å². The van der Waals surface area contributed by atoms with E-state index in [4.69, 9.17) is 0 Å². The fourth-order valence-electron chi connectivity index (χ4n) is 1.79. The van der Waals surface area contributed by atoms with Gasteiger partial charge in [-0.1, -0.05) is 36.4 Å². The Morgan fingerprint density at radius 2 is 1.83 bits per heavy atom. The maximum atomic E-state index is 13.5. The van der Waals surface area contributed by atoms with Gasteiger partial charge in [-0.05, 0) is 28.8 Å². The highest BCUT2D eigenvalue weighted by atomic mass is 19.1. The Morgan fingerprint density at radius 1 is 1.11 bits per heavy atom. The zero-order valence-electron chi connectivity index (χ0n) is 10.0. The van der Waals surface area contributed by atoms with Crippen LogP contribution in [0, 0.1) is 5.82 Å². The van der Waals surface area contributed by atoms with E-state index >= 15 is 0 Å². The van der Waals surface area contributed by atoms with E-state index in [-0.39, 0.29) is 18.2 Å². The summed E-state index contributed by atoms with van der Waals surface area (Å²) in [5.74, 6) is -0.727. The Balaban J connectivity index is 2.35. The van der Waals surface area contributed by atoms with Crippen molar-refractivity contribution in [2.75, 3.05) is 7.11 Å². The molecule has 2 aromatic carbocycles. The third-order valence-corrected chi connectivity index (χ3v) is 2.64. The van der Waals surface area contributed by atoms with Gasteiger partial charge in [0.2, 0.25) is 0 Å². The molecule has 92 valence electrons. The molecule has 0 spiro atoms. The van der Waals surface area contributed by atoms with Crippen LogP contribution in [0.1, 0.15) is 5.56 Å². The molecular weight excluding hydrogens is 231 g/mol. The van der Waals surface area contributed by atoms with Gasteiger partial charge in [0.15, 0.2) is 0 Å². The lowest BCUT2D eigenvalue weighted by molar-refractivity contribution is -0.139. The van der Waals surface area contributed by atoms with Crippen LogP contribution in [-0.2, 0) is 16.0 Å². The first kappa shape index (κ1) is 12.3. The van der Waals surface area contributed by atoms with Crippen molar-refractivity contribution in [1.82, 2.24) is 0 Å². The van der Waals surface area contributed by atoms with E-state index in [0.29, 0.717) is 5.56 Å². The molecule has 2 nitrogen and oxygen atoms in total. The third-order valence-electron chi connectivity index (χ3n) is 2.64. The molecule has 0 N–H and O–H groups in total. The second kappa shape index (κ2) is 5.45. The molecular formula is C15H13FO2. The Labute approximate surface area is 105 Å². The number of hydrogen-bond acceptors (Lipinski definition) is 2. The normalized spacial score (nSPS) is 10.1. The molecule has 0 saturated heterocycles. The highest BCUT2D eigenvalue weighted by molar-refractivity contribution is 5.74. The van der Waals surface area contributed by atoms with E-state index in [1.807, 2.05) is 30.3 Å². The number of benzene rings is 2. The Morgan fingerprint density at radius 3 is 2.50 bits per heavy atom. The highest BCUT2D eigenvalue weighted by Crippen LogP contribution is 2.22. The molecule has 0 aliphatic heterocycles. The number of carbonyl (C=O) groups is 1. The van der Waals surface area contributed by atoms with E-state index in [9.17, 15) is 9.18 Å².